The van der Waals surface area contributed by atoms with E-state index >= 15 is 0 Å². The number of carbonyl (C=O) groups excluding carboxylic acids is 5. The summed E-state index contributed by atoms with van der Waals surface area (Å²) in [6.07, 6.45) is -5.07. The number of halogens is 7. The van der Waals surface area contributed by atoms with Gasteiger partial charge in [-0.3, -0.25) is 35.7 Å². The van der Waals surface area contributed by atoms with Gasteiger partial charge in [0.2, 0.25) is 23.7 Å². The lowest BCUT2D eigenvalue weighted by Crippen LogP contribution is -2.36. The second kappa shape index (κ2) is 39.8. The zero-order chi connectivity index (χ0) is 77.0. The third-order valence-electron chi connectivity index (χ3n) is 10.9. The molecular formula is C55H65ClF6N13O22PS3. The number of sulfonamides is 2. The molecule has 6 rings (SSSR count). The molecule has 0 radical (unpaired) electrons. The van der Waals surface area contributed by atoms with Gasteiger partial charge >= 0.3 is 48.3 Å². The number of carbonyl (C=O) groups is 6. The average Bonchev–Trinajstić information content (AvgIpc) is 0.814. The summed E-state index contributed by atoms with van der Waals surface area (Å²) in [6.45, 7) is 3.83. The summed E-state index contributed by atoms with van der Waals surface area (Å²) >= 11 is 5.83. The molecule has 0 bridgehead atoms. The van der Waals surface area contributed by atoms with Crippen LogP contribution in [0.4, 0.5) is 53.5 Å². The molecule has 554 valence electrons. The van der Waals surface area contributed by atoms with E-state index in [0.717, 1.165) is 36.4 Å². The number of benzene rings is 3. The van der Waals surface area contributed by atoms with Crippen molar-refractivity contribution in [2.24, 2.45) is 0 Å². The minimum Gasteiger partial charge on any atom is -0.778 e. The van der Waals surface area contributed by atoms with Gasteiger partial charge in [-0.2, -0.15) is 59.7 Å². The zero-order valence-corrected chi connectivity index (χ0v) is 58.8. The van der Waals surface area contributed by atoms with Gasteiger partial charge in [0, 0.05) is 38.8 Å². The smallest absolute Gasteiger partial charge is 0.416 e. The number of aliphatic carboxylic acids is 1. The highest BCUT2D eigenvalue weighted by molar-refractivity contribution is 7.94. The summed E-state index contributed by atoms with van der Waals surface area (Å²) in [5, 5.41) is 24.5. The quantitative estimate of drug-likeness (QED) is 0.00948. The van der Waals surface area contributed by atoms with Crippen molar-refractivity contribution in [1.29, 1.82) is 0 Å². The number of aromatic nitrogens is 6. The van der Waals surface area contributed by atoms with E-state index in [4.69, 9.17) is 50.0 Å². The number of nitrogens with one attached hydrogen (secondary N) is 5. The molecule has 0 spiro atoms. The second-order valence-electron chi connectivity index (χ2n) is 19.7. The topological polar surface area (TPSA) is 491 Å². The van der Waals surface area contributed by atoms with Crippen molar-refractivity contribution in [3.63, 3.8) is 0 Å². The number of carboxylic acids is 1. The fourth-order valence-corrected chi connectivity index (χ4v) is 9.58. The Labute approximate surface area is 579 Å². The maximum atomic E-state index is 12.8. The molecule has 7 N–H and O–H groups in total. The van der Waals surface area contributed by atoms with Crippen LogP contribution in [0.25, 0.3) is 0 Å². The Balaban J connectivity index is 0.000000470. The van der Waals surface area contributed by atoms with E-state index in [-0.39, 0.29) is 69.7 Å². The van der Waals surface area contributed by atoms with Gasteiger partial charge in [-0.1, -0.05) is 29.8 Å². The van der Waals surface area contributed by atoms with Gasteiger partial charge in [0.1, 0.15) is 30.5 Å². The molecule has 0 saturated heterocycles. The number of nitro benzene ring substituents is 1. The Morgan fingerprint density at radius 3 is 1.87 bits per heavy atom. The van der Waals surface area contributed by atoms with Crippen LogP contribution in [0, 0.1) is 17.0 Å². The minimum atomic E-state index is -4.61. The van der Waals surface area contributed by atoms with Crippen LogP contribution in [0.2, 0.25) is 5.02 Å². The van der Waals surface area contributed by atoms with Crippen LogP contribution < -0.4 is 49.2 Å². The van der Waals surface area contributed by atoms with Gasteiger partial charge in [0.25, 0.3) is 31.6 Å². The zero-order valence-electron chi connectivity index (χ0n) is 54.7. The second-order valence-corrected chi connectivity index (χ2v) is 27.4. The van der Waals surface area contributed by atoms with Crippen molar-refractivity contribution in [1.82, 2.24) is 49.6 Å². The van der Waals surface area contributed by atoms with Crippen LogP contribution in [0.1, 0.15) is 57.9 Å². The molecule has 0 aliphatic rings. The van der Waals surface area contributed by atoms with E-state index in [1.165, 1.54) is 96.8 Å². The van der Waals surface area contributed by atoms with Crippen molar-refractivity contribution in [3.8, 4) is 29.3 Å². The monoisotopic (exact) mass is 1540 g/mol. The van der Waals surface area contributed by atoms with Crippen LogP contribution in [-0.4, -0.2) is 188 Å². The van der Waals surface area contributed by atoms with E-state index in [1.807, 2.05) is 5.32 Å². The number of esters is 2. The van der Waals surface area contributed by atoms with Crippen molar-refractivity contribution in [3.05, 3.63) is 128 Å². The number of aryl methyl sites for hydroxylation is 2. The number of carboxylic acid groups (broad SMARTS) is 1. The Morgan fingerprint density at radius 2 is 1.37 bits per heavy atom. The van der Waals surface area contributed by atoms with Crippen LogP contribution in [-0.2, 0) is 67.2 Å². The predicted molar refractivity (Wildman–Crippen MR) is 345 cm³/mol. The molecule has 5 amide bonds. The largest absolute Gasteiger partial charge is 0.778 e. The van der Waals surface area contributed by atoms with Crippen molar-refractivity contribution in [2.45, 2.75) is 62.0 Å². The summed E-state index contributed by atoms with van der Waals surface area (Å²) in [5.41, 5.74) is -2.43. The van der Waals surface area contributed by atoms with E-state index < -0.39 is 139 Å². The molecule has 0 aliphatic heterocycles. The molecular weight excluding hydrogens is 1470 g/mol. The van der Waals surface area contributed by atoms with Gasteiger partial charge < -0.3 is 52.8 Å². The lowest BCUT2D eigenvalue weighted by Gasteiger charge is -2.14. The summed E-state index contributed by atoms with van der Waals surface area (Å²) in [7, 11) is -5.70. The highest BCUT2D eigenvalue weighted by Gasteiger charge is 2.33. The van der Waals surface area contributed by atoms with Crippen LogP contribution in [0.15, 0.2) is 95.0 Å². The first-order chi connectivity index (χ1) is 46.8. The molecule has 46 heteroatoms. The van der Waals surface area contributed by atoms with Crippen molar-refractivity contribution < 1.29 is 125 Å². The summed E-state index contributed by atoms with van der Waals surface area (Å²) < 4.78 is 169. The van der Waals surface area contributed by atoms with Crippen LogP contribution in [0.5, 0.6) is 29.3 Å². The van der Waals surface area contributed by atoms with Gasteiger partial charge in [-0.05, 0) is 86.1 Å². The van der Waals surface area contributed by atoms with Crippen molar-refractivity contribution >= 4 is 104 Å². The fraction of sp³-hybridized carbons (Fsp3) is 0.345. The Hall–Kier alpha value is -9.85. The number of nitro groups is 1. The lowest BCUT2D eigenvalue weighted by molar-refractivity contribution is -0.385. The molecule has 101 heavy (non-hydrogen) atoms. The Bertz CT molecular complexity index is 4140. The fourth-order valence-electron chi connectivity index (χ4n) is 6.76. The normalized spacial score (nSPS) is 11.9. The first kappa shape index (κ1) is 87.2. The van der Waals surface area contributed by atoms with Gasteiger partial charge in [0.05, 0.1) is 91.6 Å². The molecule has 3 heterocycles. The minimum absolute atomic E-state index is 0.0398. The average molecular weight is 1540 g/mol. The Morgan fingerprint density at radius 1 is 0.792 bits per heavy atom. The molecule has 6 aromatic rings. The maximum absolute atomic E-state index is 12.8. The number of pyridine rings is 1. The van der Waals surface area contributed by atoms with Gasteiger partial charge in [-0.15, -0.1) is 0 Å². The molecule has 2 unspecified atom stereocenters. The molecule has 3 aromatic heterocycles. The summed E-state index contributed by atoms with van der Waals surface area (Å²) in [6, 6.07) is 12.1. The lowest BCUT2D eigenvalue weighted by atomic mass is 10.1. The van der Waals surface area contributed by atoms with Crippen molar-refractivity contribution in [2.75, 3.05) is 84.3 Å². The Kier molecular flexibility index (Phi) is 34.4. The van der Waals surface area contributed by atoms with E-state index in [1.54, 1.807) is 16.4 Å². The molecule has 3 aromatic carbocycles. The summed E-state index contributed by atoms with van der Waals surface area (Å²) in [5.74, 6) is -4.24. The molecule has 35 nitrogen and oxygen atoms in total. The number of hydrogen-bond acceptors (Lipinski definition) is 27. The first-order valence-corrected chi connectivity index (χ1v) is 35.2. The van der Waals surface area contributed by atoms with Crippen LogP contribution in [0.3, 0.4) is 0 Å². The maximum Gasteiger partial charge on any atom is 0.416 e. The number of rotatable bonds is 23. The molecule has 2 atom stereocenters. The molecule has 0 saturated carbocycles. The number of nitrogens with zero attached hydrogens (tertiary/aromatic N) is 8. The molecule has 0 aliphatic carbocycles. The van der Waals surface area contributed by atoms with Gasteiger partial charge in [0.15, 0.2) is 11.1 Å². The highest BCUT2D eigenvalue weighted by atomic mass is 35.5. The molecule has 0 fully saturated rings. The first-order valence-electron chi connectivity index (χ1n) is 27.6. The van der Waals surface area contributed by atoms with E-state index in [2.05, 4.69) is 59.3 Å². The standard InChI is InChI=1S/C19H15ClF3NO7.C15H16F3N5O4S.C15H18N6O6S.C3H8NO5P.C3H9S/c1-3-29-17(25)10(2)30-18(26)13-9-12(5-6-15(13)24(27)28)31-16-7-4-11(8-14(16)20)19(21,22)23;1-9-19-12(22-14(20-9)27-2)21-13(24)23-28(25,26)11-6-4-3-5-10(11)7-8-15(16,17)18;1-21(2)13(22)9-6-5-7-16-12(9)28(24,25)20-15(23)19-14-17-10(26-3)8-11(18-14)27-4;5-3(6)1-4-2-10(7,8)9;1-4(2)3/h4-10H,3H2,1-2H3;3-6H,7-8H2,1-2H3,(H2,19,20,21,22,23,24);5-8H,1-4H3,(H2,17,18,19,20,23);4H,1-2H2,(H,5,6)(H2,7,8,9);1-3H3/q;;;;+1/p-1. The number of anilines is 2. The SMILES string of the molecule is CCOC(=O)C(C)OC(=O)c1cc(Oc2ccc(C(F)(F)F)cc2Cl)ccc1[N+](=O)[O-].COc1cc(OC)nc(NC(=O)NS(=O)(=O)c2ncccc2C(=O)N(C)C)n1.COc1nc(C)nc(NC(=O)NS(=O)(=O)c2ccccc2CCC(F)(F)F)n1.C[S+](C)C.O=C(O)CNCP(=O)([O-])O. The number of amides is 5. The third-order valence-corrected chi connectivity index (χ3v) is 14.5. The number of methoxy groups -OCH3 is 3. The number of ether oxygens (including phenoxy) is 6. The number of urea groups is 2. The highest BCUT2D eigenvalue weighted by Crippen LogP contribution is 2.38. The van der Waals surface area contributed by atoms with Crippen LogP contribution >= 0.6 is 19.2 Å². The third kappa shape index (κ3) is 31.9. The summed E-state index contributed by atoms with van der Waals surface area (Å²) in [4.78, 5) is 122. The number of hydrogen-bond donors (Lipinski definition) is 7. The predicted octanol–water partition coefficient (Wildman–Crippen LogP) is 6.12. The number of alkyl halides is 6. The van der Waals surface area contributed by atoms with E-state index in [0.29, 0.717) is 17.0 Å². The van der Waals surface area contributed by atoms with Gasteiger partial charge in [-0.25, -0.2) is 42.0 Å². The van der Waals surface area contributed by atoms with E-state index in [9.17, 15) is 91.5 Å².